The molecule has 0 saturated heterocycles. The van der Waals surface area contributed by atoms with Crippen LogP contribution >= 0.6 is 0 Å². The Morgan fingerprint density at radius 2 is 1.81 bits per heavy atom. The van der Waals surface area contributed by atoms with Gasteiger partial charge in [-0.2, -0.15) is 0 Å². The molecule has 0 aliphatic heterocycles. The second-order valence-electron chi connectivity index (χ2n) is 5.55. The SMILES string of the molecule is CCOC(=O)C(CCCS(=O)(=O)CC)(CC(C)C)C(=O)O. The summed E-state index contributed by atoms with van der Waals surface area (Å²) in [5, 5.41) is 9.51. The highest BCUT2D eigenvalue weighted by molar-refractivity contribution is 7.91. The van der Waals surface area contributed by atoms with E-state index >= 15 is 0 Å². The van der Waals surface area contributed by atoms with E-state index in [1.54, 1.807) is 13.8 Å². The summed E-state index contributed by atoms with van der Waals surface area (Å²) in [6, 6.07) is 0. The molecule has 0 saturated carbocycles. The standard InChI is InChI=1S/C14H26O6S/c1-5-20-13(17)14(12(15)16,10-11(3)4)8-7-9-21(18,19)6-2/h11H,5-10H2,1-4H3,(H,15,16). The molecule has 21 heavy (non-hydrogen) atoms. The Morgan fingerprint density at radius 3 is 2.19 bits per heavy atom. The molecule has 0 rings (SSSR count). The molecule has 0 amide bonds. The van der Waals surface area contributed by atoms with Crippen LogP contribution in [-0.2, 0) is 24.2 Å². The van der Waals surface area contributed by atoms with Gasteiger partial charge in [0.1, 0.15) is 9.84 Å². The number of esters is 1. The first-order valence-corrected chi connectivity index (χ1v) is 9.04. The van der Waals surface area contributed by atoms with E-state index in [0.29, 0.717) is 0 Å². The average Bonchev–Trinajstić information content (AvgIpc) is 2.36. The van der Waals surface area contributed by atoms with E-state index in [0.717, 1.165) is 0 Å². The van der Waals surface area contributed by atoms with Crippen molar-refractivity contribution < 1.29 is 27.9 Å². The van der Waals surface area contributed by atoms with Crippen LogP contribution in [0.5, 0.6) is 0 Å². The third kappa shape index (κ3) is 6.03. The number of sulfone groups is 1. The van der Waals surface area contributed by atoms with Crippen LogP contribution in [-0.4, -0.2) is 43.6 Å². The van der Waals surface area contributed by atoms with Crippen LogP contribution in [0, 0.1) is 11.3 Å². The monoisotopic (exact) mass is 322 g/mol. The van der Waals surface area contributed by atoms with Gasteiger partial charge in [-0.3, -0.25) is 9.59 Å². The summed E-state index contributed by atoms with van der Waals surface area (Å²) >= 11 is 0. The first-order valence-electron chi connectivity index (χ1n) is 7.22. The number of hydrogen-bond acceptors (Lipinski definition) is 5. The number of ether oxygens (including phenoxy) is 1. The molecule has 0 spiro atoms. The Labute approximate surface area is 126 Å². The second kappa shape index (κ2) is 8.36. The summed E-state index contributed by atoms with van der Waals surface area (Å²) < 4.78 is 27.9. The van der Waals surface area contributed by atoms with Crippen LogP contribution in [0.2, 0.25) is 0 Å². The lowest BCUT2D eigenvalue weighted by Gasteiger charge is -2.28. The van der Waals surface area contributed by atoms with E-state index in [2.05, 4.69) is 0 Å². The van der Waals surface area contributed by atoms with Crippen molar-refractivity contribution >= 4 is 21.8 Å². The Hall–Kier alpha value is -1.11. The highest BCUT2D eigenvalue weighted by atomic mass is 32.2. The predicted octanol–water partition coefficient (Wildman–Crippen LogP) is 1.88. The van der Waals surface area contributed by atoms with Crippen LogP contribution in [0.4, 0.5) is 0 Å². The van der Waals surface area contributed by atoms with Crippen LogP contribution in [0.1, 0.15) is 47.0 Å². The van der Waals surface area contributed by atoms with Gasteiger partial charge in [-0.1, -0.05) is 20.8 Å². The number of aliphatic carboxylic acids is 1. The highest BCUT2D eigenvalue weighted by Crippen LogP contribution is 2.34. The maximum atomic E-state index is 12.1. The molecule has 7 heteroatoms. The molecule has 0 aliphatic rings. The van der Waals surface area contributed by atoms with Crippen LogP contribution in [0.15, 0.2) is 0 Å². The van der Waals surface area contributed by atoms with Crippen molar-refractivity contribution in [3.05, 3.63) is 0 Å². The molecule has 0 aromatic heterocycles. The summed E-state index contributed by atoms with van der Waals surface area (Å²) in [7, 11) is -3.18. The quantitative estimate of drug-likeness (QED) is 0.487. The number of carboxylic acid groups (broad SMARTS) is 1. The summed E-state index contributed by atoms with van der Waals surface area (Å²) in [6.45, 7) is 6.89. The molecule has 0 aliphatic carbocycles. The maximum absolute atomic E-state index is 12.1. The lowest BCUT2D eigenvalue weighted by Crippen LogP contribution is -2.42. The third-order valence-corrected chi connectivity index (χ3v) is 5.12. The number of carboxylic acids is 1. The number of carbonyl (C=O) groups is 2. The molecule has 0 heterocycles. The zero-order valence-electron chi connectivity index (χ0n) is 13.2. The molecule has 0 aromatic carbocycles. The van der Waals surface area contributed by atoms with Gasteiger partial charge >= 0.3 is 11.9 Å². The number of carbonyl (C=O) groups excluding carboxylic acids is 1. The van der Waals surface area contributed by atoms with Gasteiger partial charge in [-0.25, -0.2) is 8.42 Å². The zero-order valence-corrected chi connectivity index (χ0v) is 14.0. The zero-order chi connectivity index (χ0) is 16.7. The van der Waals surface area contributed by atoms with Gasteiger partial charge in [-0.05, 0) is 32.1 Å². The third-order valence-electron chi connectivity index (χ3n) is 3.33. The van der Waals surface area contributed by atoms with E-state index in [9.17, 15) is 23.1 Å². The predicted molar refractivity (Wildman–Crippen MR) is 79.7 cm³/mol. The molecule has 0 aromatic rings. The minimum Gasteiger partial charge on any atom is -0.480 e. The molecule has 0 bridgehead atoms. The van der Waals surface area contributed by atoms with Gasteiger partial charge in [0.25, 0.3) is 0 Å². The Balaban J connectivity index is 5.19. The largest absolute Gasteiger partial charge is 0.480 e. The molecule has 1 N–H and O–H groups in total. The molecule has 1 unspecified atom stereocenters. The minimum absolute atomic E-state index is 0.0106. The molecular formula is C14H26O6S. The van der Waals surface area contributed by atoms with E-state index < -0.39 is 27.2 Å². The van der Waals surface area contributed by atoms with Crippen LogP contribution < -0.4 is 0 Å². The van der Waals surface area contributed by atoms with Crippen molar-refractivity contribution in [2.45, 2.75) is 47.0 Å². The fourth-order valence-corrected chi connectivity index (χ4v) is 3.15. The summed E-state index contributed by atoms with van der Waals surface area (Å²) in [5.74, 6) is -2.15. The number of rotatable bonds is 10. The van der Waals surface area contributed by atoms with Crippen molar-refractivity contribution in [2.24, 2.45) is 11.3 Å². The molecule has 124 valence electrons. The van der Waals surface area contributed by atoms with Gasteiger partial charge in [-0.15, -0.1) is 0 Å². The van der Waals surface area contributed by atoms with Gasteiger partial charge in [0.15, 0.2) is 5.41 Å². The Bertz CT molecular complexity index is 454. The van der Waals surface area contributed by atoms with Gasteiger partial charge in [0, 0.05) is 5.75 Å². The molecule has 0 radical (unpaired) electrons. The van der Waals surface area contributed by atoms with E-state index in [1.807, 2.05) is 13.8 Å². The fraction of sp³-hybridized carbons (Fsp3) is 0.857. The van der Waals surface area contributed by atoms with E-state index in [-0.39, 0.29) is 43.3 Å². The van der Waals surface area contributed by atoms with Crippen LogP contribution in [0.25, 0.3) is 0 Å². The smallest absolute Gasteiger partial charge is 0.323 e. The molecular weight excluding hydrogens is 296 g/mol. The minimum atomic E-state index is -3.18. The van der Waals surface area contributed by atoms with E-state index in [4.69, 9.17) is 4.74 Å². The fourth-order valence-electron chi connectivity index (χ4n) is 2.27. The van der Waals surface area contributed by atoms with Crippen molar-refractivity contribution in [3.8, 4) is 0 Å². The lowest BCUT2D eigenvalue weighted by atomic mass is 9.76. The van der Waals surface area contributed by atoms with Gasteiger partial charge in [0.2, 0.25) is 0 Å². The maximum Gasteiger partial charge on any atom is 0.323 e. The van der Waals surface area contributed by atoms with E-state index in [1.165, 1.54) is 0 Å². The first kappa shape index (κ1) is 19.9. The van der Waals surface area contributed by atoms with Crippen molar-refractivity contribution in [1.82, 2.24) is 0 Å². The Kier molecular flexibility index (Phi) is 7.92. The van der Waals surface area contributed by atoms with Crippen molar-refractivity contribution in [2.75, 3.05) is 18.1 Å². The van der Waals surface area contributed by atoms with Crippen LogP contribution in [0.3, 0.4) is 0 Å². The topological polar surface area (TPSA) is 97.7 Å². The summed E-state index contributed by atoms with van der Waals surface area (Å²) in [5.41, 5.74) is -1.66. The second-order valence-corrected chi connectivity index (χ2v) is 8.02. The summed E-state index contributed by atoms with van der Waals surface area (Å²) in [4.78, 5) is 23.8. The lowest BCUT2D eigenvalue weighted by molar-refractivity contribution is -0.170. The normalized spacial score (nSPS) is 14.7. The van der Waals surface area contributed by atoms with Crippen molar-refractivity contribution in [1.29, 1.82) is 0 Å². The van der Waals surface area contributed by atoms with Gasteiger partial charge in [0.05, 0.1) is 12.4 Å². The van der Waals surface area contributed by atoms with Crippen molar-refractivity contribution in [3.63, 3.8) is 0 Å². The summed E-state index contributed by atoms with van der Waals surface area (Å²) in [6.07, 6.45) is 0.236. The Morgan fingerprint density at radius 1 is 1.24 bits per heavy atom. The molecule has 0 fully saturated rings. The van der Waals surface area contributed by atoms with Gasteiger partial charge < -0.3 is 9.84 Å². The highest BCUT2D eigenvalue weighted by Gasteiger charge is 2.47. The first-order chi connectivity index (χ1) is 9.61. The average molecular weight is 322 g/mol. The number of hydrogen-bond donors (Lipinski definition) is 1. The molecule has 1 atom stereocenters. The molecule has 6 nitrogen and oxygen atoms in total.